The van der Waals surface area contributed by atoms with Gasteiger partial charge in [-0.3, -0.25) is 0 Å². The number of hydrogen-bond donors (Lipinski definition) is 0. The summed E-state index contributed by atoms with van der Waals surface area (Å²) in [6.45, 7) is 9.24. The van der Waals surface area contributed by atoms with Crippen molar-refractivity contribution in [3.05, 3.63) is 174 Å². The summed E-state index contributed by atoms with van der Waals surface area (Å²) in [5.74, 6) is -0.389. The minimum atomic E-state index is -1.80. The number of aryl methyl sites for hydroxylation is 1. The molecule has 0 amide bonds. The van der Waals surface area contributed by atoms with Crippen molar-refractivity contribution in [2.24, 2.45) is 0 Å². The molecule has 0 unspecified atom stereocenters. The summed E-state index contributed by atoms with van der Waals surface area (Å²) in [4.78, 5) is 9.18. The predicted molar refractivity (Wildman–Crippen MR) is 212 cm³/mol. The van der Waals surface area contributed by atoms with Gasteiger partial charge in [-0.05, 0) is 75.3 Å². The Hall–Kier alpha value is -4.58. The predicted octanol–water partition coefficient (Wildman–Crippen LogP) is 11.7. The second-order valence-corrected chi connectivity index (χ2v) is 19.3. The number of halogens is 1. The fraction of sp³-hybridized carbons (Fsp3) is 0.111. The Balaban J connectivity index is 0.000000226. The second kappa shape index (κ2) is 15.8. The molecule has 0 aliphatic heterocycles. The van der Waals surface area contributed by atoms with Gasteiger partial charge in [0.2, 0.25) is 0 Å². The van der Waals surface area contributed by atoms with E-state index in [2.05, 4.69) is 97.3 Å². The van der Waals surface area contributed by atoms with E-state index in [1.54, 1.807) is 29.7 Å². The number of rotatable bonds is 6. The van der Waals surface area contributed by atoms with Crippen molar-refractivity contribution in [2.75, 3.05) is 0 Å². The standard InChI is InChI=1S/C30H19FNS.C15H18NSi.Ir/c31-23-12-10-20(11-13-23)18-21-16-17-32-27(19-21)25-15-14-24(22-6-2-1-3-7-22)29-26-8-4-5-9-28(26)33-30(25)29;1-12-10-14(13-8-6-5-7-9-13)16-11-15(12)17(2,3)4;/h1-14,16-17,19H,18H2;5-8,10-11H,1-4H3;/q2*-1;/i18D2;;. The van der Waals surface area contributed by atoms with Crippen LogP contribution in [0, 0.1) is 24.9 Å². The molecular weight excluding hydrogens is 840 g/mol. The van der Waals surface area contributed by atoms with Crippen LogP contribution in [0.5, 0.6) is 0 Å². The van der Waals surface area contributed by atoms with Crippen molar-refractivity contribution in [3.63, 3.8) is 0 Å². The summed E-state index contributed by atoms with van der Waals surface area (Å²) in [6.07, 6.45) is 1.89. The van der Waals surface area contributed by atoms with E-state index in [-0.39, 0.29) is 25.9 Å². The number of pyridine rings is 2. The van der Waals surface area contributed by atoms with E-state index in [0.717, 1.165) is 38.0 Å². The van der Waals surface area contributed by atoms with E-state index >= 15 is 0 Å². The van der Waals surface area contributed by atoms with Crippen molar-refractivity contribution < 1.29 is 27.2 Å². The molecule has 2 nitrogen and oxygen atoms in total. The third-order valence-electron chi connectivity index (χ3n) is 8.59. The Morgan fingerprint density at radius 2 is 1.53 bits per heavy atom. The summed E-state index contributed by atoms with van der Waals surface area (Å²) >= 11 is 1.70. The Morgan fingerprint density at radius 3 is 2.25 bits per heavy atom. The van der Waals surface area contributed by atoms with Crippen LogP contribution in [-0.2, 0) is 26.5 Å². The monoisotopic (exact) mass is 879 g/mol. The molecule has 1 radical (unpaired) electrons. The van der Waals surface area contributed by atoms with Crippen LogP contribution in [0.3, 0.4) is 0 Å². The van der Waals surface area contributed by atoms with Crippen LogP contribution in [0.15, 0.2) is 140 Å². The largest absolute Gasteiger partial charge is 0.305 e. The van der Waals surface area contributed by atoms with Crippen LogP contribution in [0.2, 0.25) is 19.6 Å². The number of aromatic nitrogens is 2. The number of thiophene rings is 1. The van der Waals surface area contributed by atoms with Gasteiger partial charge in [0, 0.05) is 39.9 Å². The van der Waals surface area contributed by atoms with E-state index in [9.17, 15) is 4.39 Å². The molecule has 8 aromatic rings. The first-order valence-electron chi connectivity index (χ1n) is 17.6. The molecule has 0 saturated carbocycles. The van der Waals surface area contributed by atoms with Crippen LogP contribution < -0.4 is 5.19 Å². The maximum Gasteiger partial charge on any atom is 0.123 e. The van der Waals surface area contributed by atoms with E-state index in [1.165, 1.54) is 45.1 Å². The number of fused-ring (bicyclic) bond motifs is 3. The Labute approximate surface area is 321 Å². The van der Waals surface area contributed by atoms with Crippen LogP contribution in [0.25, 0.3) is 53.8 Å². The zero-order valence-electron chi connectivity index (χ0n) is 30.8. The summed E-state index contributed by atoms with van der Waals surface area (Å²) in [7, 11) is -1.27. The molecule has 0 aliphatic carbocycles. The third-order valence-corrected chi connectivity index (χ3v) is 11.9. The fourth-order valence-electron chi connectivity index (χ4n) is 6.19. The van der Waals surface area contributed by atoms with E-state index in [1.807, 2.05) is 48.5 Å². The minimum absolute atomic E-state index is 0. The maximum absolute atomic E-state index is 13.4. The topological polar surface area (TPSA) is 25.8 Å². The molecule has 0 saturated heterocycles. The first-order valence-corrected chi connectivity index (χ1v) is 20.9. The molecule has 0 spiro atoms. The molecule has 0 fully saturated rings. The molecule has 51 heavy (non-hydrogen) atoms. The first kappa shape index (κ1) is 33.6. The zero-order valence-corrected chi connectivity index (χ0v) is 33.0. The number of nitrogens with zero attached hydrogens (tertiary/aromatic N) is 2. The maximum atomic E-state index is 13.4. The molecule has 3 aromatic heterocycles. The van der Waals surface area contributed by atoms with Gasteiger partial charge in [0.05, 0.1) is 8.07 Å². The first-order chi connectivity index (χ1) is 25.0. The smallest absolute Gasteiger partial charge is 0.123 e. The second-order valence-electron chi connectivity index (χ2n) is 13.2. The molecule has 8 rings (SSSR count). The summed E-state index contributed by atoms with van der Waals surface area (Å²) in [5.41, 5.74) is 8.03. The van der Waals surface area contributed by atoms with Gasteiger partial charge in [-0.25, -0.2) is 4.39 Å². The van der Waals surface area contributed by atoms with Crippen molar-refractivity contribution >= 4 is 44.8 Å². The van der Waals surface area contributed by atoms with Gasteiger partial charge >= 0.3 is 0 Å². The fourth-order valence-corrected chi connectivity index (χ4v) is 9.13. The van der Waals surface area contributed by atoms with Crippen molar-refractivity contribution in [3.8, 4) is 33.6 Å². The summed E-state index contributed by atoms with van der Waals surface area (Å²) < 4.78 is 33.2. The van der Waals surface area contributed by atoms with Gasteiger partial charge in [-0.2, -0.15) is 11.3 Å². The molecule has 0 bridgehead atoms. The molecule has 6 heteroatoms. The summed E-state index contributed by atoms with van der Waals surface area (Å²) in [6, 6.07) is 46.5. The van der Waals surface area contributed by atoms with Gasteiger partial charge in [-0.1, -0.05) is 115 Å². The van der Waals surface area contributed by atoms with Crippen molar-refractivity contribution in [1.29, 1.82) is 0 Å². The van der Waals surface area contributed by atoms with Crippen molar-refractivity contribution in [2.45, 2.75) is 32.9 Å². The Bertz CT molecular complexity index is 2500. The SMILES string of the molecule is Cc1cc(-c2[c-]cccc2)ncc1[Si](C)(C)C.[2H]C([2H])(c1ccc(F)cc1)c1ccnc(-c2[c-]cc(-c3ccccc3)c3c2sc2ccccc23)c1.[Ir]. The van der Waals surface area contributed by atoms with Crippen LogP contribution >= 0.6 is 11.3 Å². The molecule has 5 aromatic carbocycles. The molecule has 3 heterocycles. The summed E-state index contributed by atoms with van der Waals surface area (Å²) in [5, 5.41) is 3.77. The van der Waals surface area contributed by atoms with Gasteiger partial charge in [0.25, 0.3) is 0 Å². The number of hydrogen-bond acceptors (Lipinski definition) is 3. The van der Waals surface area contributed by atoms with E-state index in [4.69, 9.17) is 2.74 Å². The van der Waals surface area contributed by atoms with Crippen LogP contribution in [0.1, 0.15) is 19.4 Å². The number of benzene rings is 5. The molecule has 0 N–H and O–H groups in total. The van der Waals surface area contributed by atoms with Gasteiger partial charge in [-0.15, -0.1) is 53.6 Å². The van der Waals surface area contributed by atoms with Crippen LogP contribution in [0.4, 0.5) is 4.39 Å². The molecule has 0 atom stereocenters. The van der Waals surface area contributed by atoms with E-state index < -0.39 is 14.4 Å². The Morgan fingerprint density at radius 1 is 0.784 bits per heavy atom. The Kier molecular flexibility index (Phi) is 10.4. The third kappa shape index (κ3) is 8.16. The van der Waals surface area contributed by atoms with Gasteiger partial charge < -0.3 is 9.97 Å². The molecular formula is C45H37FIrN2SSi-2. The molecule has 0 aliphatic rings. The van der Waals surface area contributed by atoms with Crippen molar-refractivity contribution in [1.82, 2.24) is 9.97 Å². The van der Waals surface area contributed by atoms with Crippen LogP contribution in [-0.4, -0.2) is 18.0 Å². The molecule has 255 valence electrons. The average Bonchev–Trinajstić information content (AvgIpc) is 3.55. The van der Waals surface area contributed by atoms with Gasteiger partial charge in [0.15, 0.2) is 0 Å². The van der Waals surface area contributed by atoms with Gasteiger partial charge in [0.1, 0.15) is 5.82 Å². The average molecular weight is 879 g/mol. The zero-order chi connectivity index (χ0) is 36.5. The quantitative estimate of drug-likeness (QED) is 0.123. The normalized spacial score (nSPS) is 12.0. The minimum Gasteiger partial charge on any atom is -0.305 e. The van der Waals surface area contributed by atoms with E-state index in [0.29, 0.717) is 16.8 Å².